The van der Waals surface area contributed by atoms with Crippen LogP contribution < -0.4 is 11.1 Å². The van der Waals surface area contributed by atoms with Gasteiger partial charge in [-0.25, -0.2) is 0 Å². The minimum absolute atomic E-state index is 0.157. The maximum Gasteiger partial charge on any atom is 0.246 e. The Kier molecular flexibility index (Phi) is 6.29. The van der Waals surface area contributed by atoms with Crippen LogP contribution >= 0.6 is 0 Å². The Labute approximate surface area is 124 Å². The first-order valence-electron chi connectivity index (χ1n) is 7.21. The predicted octanol–water partition coefficient (Wildman–Crippen LogP) is -1.06. The van der Waals surface area contributed by atoms with Gasteiger partial charge in [-0.1, -0.05) is 13.8 Å². The van der Waals surface area contributed by atoms with Crippen LogP contribution in [0.2, 0.25) is 0 Å². The number of carbonyl (C=O) groups excluding carboxylic acids is 3. The first kappa shape index (κ1) is 17.6. The molecule has 1 saturated heterocycles. The number of rotatable bonds is 6. The van der Waals surface area contributed by atoms with E-state index in [9.17, 15) is 19.5 Å². The lowest BCUT2D eigenvalue weighted by atomic mass is 10.0. The summed E-state index contributed by atoms with van der Waals surface area (Å²) in [5, 5.41) is 11.9. The summed E-state index contributed by atoms with van der Waals surface area (Å²) < 4.78 is 0. The number of nitrogens with one attached hydrogen (secondary N) is 1. The van der Waals surface area contributed by atoms with Crippen molar-refractivity contribution in [3.63, 3.8) is 0 Å². The molecule has 0 bridgehead atoms. The lowest BCUT2D eigenvalue weighted by molar-refractivity contribution is -0.138. The number of likely N-dealkylation sites (tertiary alicyclic amines) is 1. The molecule has 1 heterocycles. The van der Waals surface area contributed by atoms with E-state index in [2.05, 4.69) is 5.32 Å². The Morgan fingerprint density at radius 1 is 1.38 bits per heavy atom. The maximum atomic E-state index is 12.5. The highest BCUT2D eigenvalue weighted by atomic mass is 16.3. The normalized spacial score (nSPS) is 22.8. The van der Waals surface area contributed by atoms with Gasteiger partial charge in [0.25, 0.3) is 0 Å². The third-order valence-corrected chi connectivity index (χ3v) is 3.72. The van der Waals surface area contributed by atoms with Gasteiger partial charge in [-0.05, 0) is 25.7 Å². The van der Waals surface area contributed by atoms with Gasteiger partial charge >= 0.3 is 0 Å². The van der Waals surface area contributed by atoms with Gasteiger partial charge in [0, 0.05) is 6.54 Å². The molecule has 0 aromatic heterocycles. The van der Waals surface area contributed by atoms with E-state index in [0.29, 0.717) is 13.0 Å². The molecule has 21 heavy (non-hydrogen) atoms. The molecule has 7 nitrogen and oxygen atoms in total. The topological polar surface area (TPSA) is 113 Å². The zero-order valence-electron chi connectivity index (χ0n) is 12.7. The van der Waals surface area contributed by atoms with Gasteiger partial charge in [-0.15, -0.1) is 0 Å². The second kappa shape index (κ2) is 7.51. The van der Waals surface area contributed by atoms with Crippen LogP contribution in [-0.4, -0.2) is 58.9 Å². The molecule has 0 spiro atoms. The number of aliphatic hydroxyl groups is 1. The van der Waals surface area contributed by atoms with Crippen LogP contribution in [0.15, 0.2) is 0 Å². The minimum atomic E-state index is -1.09. The van der Waals surface area contributed by atoms with Gasteiger partial charge in [0.2, 0.25) is 18.1 Å². The van der Waals surface area contributed by atoms with Crippen LogP contribution in [0, 0.1) is 5.92 Å². The third kappa shape index (κ3) is 4.25. The van der Waals surface area contributed by atoms with Crippen molar-refractivity contribution in [1.82, 2.24) is 10.2 Å². The molecule has 4 N–H and O–H groups in total. The largest absolute Gasteiger partial charge is 0.391 e. The van der Waals surface area contributed by atoms with Crippen LogP contribution in [0.3, 0.4) is 0 Å². The second-order valence-electron chi connectivity index (χ2n) is 5.80. The number of nitrogens with two attached hydrogens (primary N) is 1. The average molecular weight is 298 g/mol. The molecule has 0 aliphatic carbocycles. The molecule has 1 rings (SSSR count). The van der Waals surface area contributed by atoms with Crippen molar-refractivity contribution in [2.24, 2.45) is 11.7 Å². The first-order chi connectivity index (χ1) is 9.79. The molecule has 7 heteroatoms. The first-order valence-corrected chi connectivity index (χ1v) is 7.21. The Morgan fingerprint density at radius 3 is 2.48 bits per heavy atom. The molecule has 0 aromatic rings. The third-order valence-electron chi connectivity index (χ3n) is 3.72. The van der Waals surface area contributed by atoms with Gasteiger partial charge in [0.05, 0.1) is 12.1 Å². The van der Waals surface area contributed by atoms with Gasteiger partial charge in [-0.3, -0.25) is 14.4 Å². The van der Waals surface area contributed by atoms with Crippen molar-refractivity contribution in [2.75, 3.05) is 6.54 Å². The summed E-state index contributed by atoms with van der Waals surface area (Å²) in [4.78, 5) is 36.8. The van der Waals surface area contributed by atoms with Gasteiger partial charge in [-0.2, -0.15) is 0 Å². The quantitative estimate of drug-likeness (QED) is 0.578. The second-order valence-corrected chi connectivity index (χ2v) is 5.80. The number of nitrogens with zero attached hydrogens (tertiary/aromatic N) is 1. The highest BCUT2D eigenvalue weighted by molar-refractivity contribution is 5.91. The molecule has 0 aromatic carbocycles. The molecule has 119 valence electrons. The molecular weight excluding hydrogens is 274 g/mol. The number of hydrogen-bond acceptors (Lipinski definition) is 5. The monoisotopic (exact) mass is 298 g/mol. The van der Waals surface area contributed by atoms with Crippen LogP contribution in [0.1, 0.15) is 33.6 Å². The standard InChI is InChI=1S/C14H24N3O4/c1-8(2)12(16-13(20)11(15)9(3)19)14(21)17-6-4-5-10(17)7-18/h8-12,19H,4-6,15H2,1-3H3,(H,16,20)/t9-,10+,11+,12-/m1/s1. The number of aliphatic hydroxyl groups excluding tert-OH is 1. The fraction of sp³-hybridized carbons (Fsp3) is 0.786. The van der Waals surface area contributed by atoms with Crippen molar-refractivity contribution in [3.8, 4) is 0 Å². The molecule has 2 amide bonds. The minimum Gasteiger partial charge on any atom is -0.391 e. The molecule has 0 saturated carbocycles. The molecule has 1 aliphatic heterocycles. The summed E-state index contributed by atoms with van der Waals surface area (Å²) >= 11 is 0. The van der Waals surface area contributed by atoms with Gasteiger partial charge in [0.15, 0.2) is 0 Å². The zero-order chi connectivity index (χ0) is 16.2. The molecular formula is C14H24N3O4. The van der Waals surface area contributed by atoms with E-state index in [-0.39, 0.29) is 11.8 Å². The maximum absolute atomic E-state index is 12.5. The summed E-state index contributed by atoms with van der Waals surface area (Å²) in [6, 6.07) is -2.40. The van der Waals surface area contributed by atoms with Gasteiger partial charge < -0.3 is 21.1 Å². The van der Waals surface area contributed by atoms with E-state index in [4.69, 9.17) is 5.73 Å². The number of carbonyl (C=O) groups is 2. The Balaban J connectivity index is 2.79. The summed E-state index contributed by atoms with van der Waals surface area (Å²) in [6.07, 6.45) is 2.20. The Bertz CT molecular complexity index is 398. The van der Waals surface area contributed by atoms with E-state index < -0.39 is 30.1 Å². The number of amides is 2. The van der Waals surface area contributed by atoms with E-state index >= 15 is 0 Å². The Morgan fingerprint density at radius 2 is 2.00 bits per heavy atom. The predicted molar refractivity (Wildman–Crippen MR) is 76.9 cm³/mol. The molecule has 1 fully saturated rings. The molecule has 1 radical (unpaired) electrons. The van der Waals surface area contributed by atoms with E-state index in [1.165, 1.54) is 11.8 Å². The van der Waals surface area contributed by atoms with Crippen molar-refractivity contribution in [2.45, 2.75) is 57.8 Å². The fourth-order valence-electron chi connectivity index (χ4n) is 2.31. The fourth-order valence-corrected chi connectivity index (χ4v) is 2.31. The molecule has 4 atom stereocenters. The summed E-state index contributed by atoms with van der Waals surface area (Å²) in [7, 11) is 0. The van der Waals surface area contributed by atoms with Crippen LogP contribution in [0.5, 0.6) is 0 Å². The summed E-state index contributed by atoms with van der Waals surface area (Å²) in [5.41, 5.74) is 5.57. The number of hydrogen-bond donors (Lipinski definition) is 3. The van der Waals surface area contributed by atoms with E-state index in [1.54, 1.807) is 13.8 Å². The van der Waals surface area contributed by atoms with E-state index in [0.717, 1.165) is 6.42 Å². The van der Waals surface area contributed by atoms with Crippen LogP contribution in [-0.2, 0) is 14.4 Å². The SMILES string of the molecule is CC(C)[C@@H](NC(=O)[C@@H](N)[C@@H](C)O)C(=O)N1CCC[C@H]1[C]=O. The van der Waals surface area contributed by atoms with Gasteiger partial charge in [0.1, 0.15) is 12.1 Å². The highest BCUT2D eigenvalue weighted by Gasteiger charge is 2.36. The smallest absolute Gasteiger partial charge is 0.246 e. The lowest BCUT2D eigenvalue weighted by Gasteiger charge is -2.29. The Hall–Kier alpha value is -1.47. The van der Waals surface area contributed by atoms with Crippen molar-refractivity contribution < 1.29 is 19.5 Å². The molecule has 0 unspecified atom stereocenters. The summed E-state index contributed by atoms with van der Waals surface area (Å²) in [5.74, 6) is -1.04. The molecule has 1 aliphatic rings. The van der Waals surface area contributed by atoms with Crippen molar-refractivity contribution in [1.29, 1.82) is 0 Å². The lowest BCUT2D eigenvalue weighted by Crippen LogP contribution is -2.57. The van der Waals surface area contributed by atoms with E-state index in [1.807, 2.05) is 6.29 Å². The zero-order valence-corrected chi connectivity index (χ0v) is 12.7. The highest BCUT2D eigenvalue weighted by Crippen LogP contribution is 2.18. The van der Waals surface area contributed by atoms with Crippen molar-refractivity contribution >= 4 is 18.1 Å². The average Bonchev–Trinajstić information content (AvgIpc) is 2.90. The summed E-state index contributed by atoms with van der Waals surface area (Å²) in [6.45, 7) is 5.49. The van der Waals surface area contributed by atoms with Crippen LogP contribution in [0.25, 0.3) is 0 Å². The van der Waals surface area contributed by atoms with Crippen LogP contribution in [0.4, 0.5) is 0 Å². The van der Waals surface area contributed by atoms with Crippen molar-refractivity contribution in [3.05, 3.63) is 0 Å².